The molecular formula is C6H6N6O2. The number of hydrogen-bond acceptors (Lipinski definition) is 6. The fourth-order valence-corrected chi connectivity index (χ4v) is 0.505. The van der Waals surface area contributed by atoms with Crippen LogP contribution in [0.25, 0.3) is 0 Å². The van der Waals surface area contributed by atoms with E-state index in [2.05, 4.69) is 30.1 Å². The highest BCUT2D eigenvalue weighted by Gasteiger charge is 1.72. The first kappa shape index (κ1) is 9.71. The third-order valence-corrected chi connectivity index (χ3v) is 0.997. The van der Waals surface area contributed by atoms with Crippen molar-refractivity contribution in [3.8, 4) is 0 Å². The molecule has 2 heterocycles. The van der Waals surface area contributed by atoms with Crippen molar-refractivity contribution in [1.29, 1.82) is 0 Å². The van der Waals surface area contributed by atoms with Crippen LogP contribution in [0.15, 0.2) is 34.6 Å². The second kappa shape index (κ2) is 5.30. The molecule has 0 fully saturated rings. The molecular weight excluding hydrogens is 188 g/mol. The number of H-pyrrole nitrogens is 2. The summed E-state index contributed by atoms with van der Waals surface area (Å²) in [5.74, 6) is 0. The molecule has 8 heteroatoms. The fraction of sp³-hybridized carbons (Fsp3) is 0. The molecule has 0 aromatic carbocycles. The summed E-state index contributed by atoms with van der Waals surface area (Å²) in [6, 6.07) is 0. The lowest BCUT2D eigenvalue weighted by Gasteiger charge is -1.72. The van der Waals surface area contributed by atoms with Crippen molar-refractivity contribution in [3.05, 3.63) is 46.0 Å². The van der Waals surface area contributed by atoms with E-state index in [0.29, 0.717) is 0 Å². The molecule has 2 N–H and O–H groups in total. The lowest BCUT2D eigenvalue weighted by molar-refractivity contribution is 0.913. The van der Waals surface area contributed by atoms with Gasteiger partial charge in [0.25, 0.3) is 0 Å². The Morgan fingerprint density at radius 2 is 1.93 bits per heavy atom. The molecule has 2 rings (SSSR count). The van der Waals surface area contributed by atoms with Crippen molar-refractivity contribution < 1.29 is 0 Å². The topological polar surface area (TPSA) is 117 Å². The minimum Gasteiger partial charge on any atom is -0.296 e. The molecule has 2 aromatic rings. The van der Waals surface area contributed by atoms with Gasteiger partial charge in [0, 0.05) is 0 Å². The molecule has 0 spiro atoms. The molecule has 0 radical (unpaired) electrons. The van der Waals surface area contributed by atoms with Crippen molar-refractivity contribution in [1.82, 2.24) is 30.1 Å². The standard InChI is InChI=1S/2C3H3N3O/c7-3-5-1-4-2-6-3;7-3-4-1-2-5-6-3/h1-2H,(H,4,5,6,7);1-2H,(H,4,6,7). The fourth-order valence-electron chi connectivity index (χ4n) is 0.505. The number of rotatable bonds is 0. The van der Waals surface area contributed by atoms with E-state index in [1.54, 1.807) is 0 Å². The Balaban J connectivity index is 0.000000140. The molecule has 0 saturated carbocycles. The molecule has 0 atom stereocenters. The van der Waals surface area contributed by atoms with E-state index in [1.165, 1.54) is 25.0 Å². The third kappa shape index (κ3) is 3.85. The van der Waals surface area contributed by atoms with Gasteiger partial charge < -0.3 is 0 Å². The van der Waals surface area contributed by atoms with E-state index >= 15 is 0 Å². The Hall–Kier alpha value is -2.38. The number of hydrogen-bond donors (Lipinski definition) is 2. The van der Waals surface area contributed by atoms with E-state index in [0.717, 1.165) is 0 Å². The summed E-state index contributed by atoms with van der Waals surface area (Å²) in [5.41, 5.74) is -0.780. The van der Waals surface area contributed by atoms with Gasteiger partial charge >= 0.3 is 11.4 Å². The van der Waals surface area contributed by atoms with Gasteiger partial charge in [-0.3, -0.25) is 4.98 Å². The average molecular weight is 194 g/mol. The summed E-state index contributed by atoms with van der Waals surface area (Å²) in [5, 5.41) is 5.50. The predicted molar refractivity (Wildman–Crippen MR) is 45.3 cm³/mol. The maximum Gasteiger partial charge on any atom is 0.361 e. The van der Waals surface area contributed by atoms with Crippen LogP contribution in [0.1, 0.15) is 0 Å². The van der Waals surface area contributed by atoms with Gasteiger partial charge in [-0.1, -0.05) is 0 Å². The van der Waals surface area contributed by atoms with Crippen LogP contribution in [0, 0.1) is 0 Å². The second-order valence-electron chi connectivity index (χ2n) is 1.95. The zero-order valence-corrected chi connectivity index (χ0v) is 6.91. The Morgan fingerprint density at radius 3 is 2.21 bits per heavy atom. The molecule has 0 saturated heterocycles. The normalized spacial score (nSPS) is 8.57. The van der Waals surface area contributed by atoms with Crippen LogP contribution in [0.3, 0.4) is 0 Å². The molecule has 2 aromatic heterocycles. The minimum absolute atomic E-state index is 0.366. The molecule has 0 aliphatic carbocycles. The van der Waals surface area contributed by atoms with Crippen molar-refractivity contribution >= 4 is 0 Å². The second-order valence-corrected chi connectivity index (χ2v) is 1.95. The zero-order chi connectivity index (χ0) is 10.2. The van der Waals surface area contributed by atoms with Gasteiger partial charge in [0.05, 0.1) is 18.7 Å². The average Bonchev–Trinajstić information content (AvgIpc) is 2.21. The van der Waals surface area contributed by atoms with Crippen LogP contribution < -0.4 is 11.4 Å². The van der Waals surface area contributed by atoms with Gasteiger partial charge in [-0.15, -0.1) is 0 Å². The van der Waals surface area contributed by atoms with Crippen molar-refractivity contribution in [2.45, 2.75) is 0 Å². The van der Waals surface area contributed by atoms with Crippen LogP contribution >= 0.6 is 0 Å². The summed E-state index contributed by atoms with van der Waals surface area (Å²) in [7, 11) is 0. The Labute approximate surface area is 77.1 Å². The first-order chi connectivity index (χ1) is 6.79. The largest absolute Gasteiger partial charge is 0.361 e. The monoisotopic (exact) mass is 194 g/mol. The van der Waals surface area contributed by atoms with Crippen molar-refractivity contribution in [3.63, 3.8) is 0 Å². The van der Waals surface area contributed by atoms with Gasteiger partial charge in [0.1, 0.15) is 6.33 Å². The zero-order valence-electron chi connectivity index (χ0n) is 6.91. The van der Waals surface area contributed by atoms with Gasteiger partial charge in [-0.25, -0.2) is 19.7 Å². The van der Waals surface area contributed by atoms with Gasteiger partial charge in [0.2, 0.25) is 0 Å². The number of aromatic nitrogens is 6. The molecule has 14 heavy (non-hydrogen) atoms. The smallest absolute Gasteiger partial charge is 0.296 e. The maximum absolute atomic E-state index is 10.1. The summed E-state index contributed by atoms with van der Waals surface area (Å²) < 4.78 is 0. The van der Waals surface area contributed by atoms with Crippen LogP contribution in [0.2, 0.25) is 0 Å². The molecule has 0 bridgehead atoms. The van der Waals surface area contributed by atoms with Crippen molar-refractivity contribution in [2.24, 2.45) is 0 Å². The summed E-state index contributed by atoms with van der Waals surface area (Å²) >= 11 is 0. The first-order valence-corrected chi connectivity index (χ1v) is 3.49. The summed E-state index contributed by atoms with van der Waals surface area (Å²) in [6.45, 7) is 0. The number of nitrogens with one attached hydrogen (secondary N) is 2. The molecule has 0 aliphatic heterocycles. The summed E-state index contributed by atoms with van der Waals surface area (Å²) in [4.78, 5) is 32.4. The molecule has 8 nitrogen and oxygen atoms in total. The highest BCUT2D eigenvalue weighted by molar-refractivity contribution is 4.61. The third-order valence-electron chi connectivity index (χ3n) is 0.997. The van der Waals surface area contributed by atoms with Gasteiger partial charge in [-0.05, 0) is 0 Å². The van der Waals surface area contributed by atoms with E-state index in [4.69, 9.17) is 0 Å². The predicted octanol–water partition coefficient (Wildman–Crippen LogP) is -1.67. The van der Waals surface area contributed by atoms with E-state index in [9.17, 15) is 9.59 Å². The highest BCUT2D eigenvalue weighted by atomic mass is 16.1. The van der Waals surface area contributed by atoms with Gasteiger partial charge in [0.15, 0.2) is 0 Å². The molecule has 0 amide bonds. The first-order valence-electron chi connectivity index (χ1n) is 3.49. The van der Waals surface area contributed by atoms with Crippen LogP contribution in [-0.2, 0) is 0 Å². The Bertz CT molecular complexity index is 397. The van der Waals surface area contributed by atoms with Crippen LogP contribution in [0.4, 0.5) is 0 Å². The Kier molecular flexibility index (Phi) is 3.67. The molecule has 72 valence electrons. The van der Waals surface area contributed by atoms with Gasteiger partial charge in [-0.2, -0.15) is 15.1 Å². The highest BCUT2D eigenvalue weighted by Crippen LogP contribution is 1.52. The minimum atomic E-state index is -0.414. The molecule has 0 aliphatic rings. The summed E-state index contributed by atoms with van der Waals surface area (Å²) in [6.07, 6.45) is 5.22. The molecule has 0 unspecified atom stereocenters. The maximum atomic E-state index is 10.1. The van der Waals surface area contributed by atoms with Crippen LogP contribution in [0.5, 0.6) is 0 Å². The quantitative estimate of drug-likeness (QED) is 0.517. The number of nitrogens with zero attached hydrogens (tertiary/aromatic N) is 4. The van der Waals surface area contributed by atoms with Crippen LogP contribution in [-0.4, -0.2) is 30.1 Å². The van der Waals surface area contributed by atoms with E-state index < -0.39 is 5.69 Å². The lowest BCUT2D eigenvalue weighted by atomic mass is 10.9. The van der Waals surface area contributed by atoms with E-state index in [1.807, 2.05) is 0 Å². The van der Waals surface area contributed by atoms with Crippen molar-refractivity contribution in [2.75, 3.05) is 0 Å². The van der Waals surface area contributed by atoms with E-state index in [-0.39, 0.29) is 5.69 Å². The SMILES string of the molecule is O=c1nccn[nH]1.O=c1ncnc[nH]1. The lowest BCUT2D eigenvalue weighted by Crippen LogP contribution is -2.08. The Morgan fingerprint density at radius 1 is 1.07 bits per heavy atom. The number of aromatic amines is 2.